The fourth-order valence-corrected chi connectivity index (χ4v) is 2.65. The first-order chi connectivity index (χ1) is 10.6. The number of benzene rings is 1. The first-order valence-corrected chi connectivity index (χ1v) is 7.68. The van der Waals surface area contributed by atoms with Crippen LogP contribution in [0.25, 0.3) is 0 Å². The Kier molecular flexibility index (Phi) is 5.55. The molecule has 116 valence electrons. The molecule has 2 rings (SSSR count). The molecule has 0 aliphatic carbocycles. The SMILES string of the molecule is COc1ccccc1NCC(=O)N/N=C(/C)c1ccc(C)s1. The maximum atomic E-state index is 11.8. The molecule has 0 atom stereocenters. The molecule has 0 radical (unpaired) electrons. The molecule has 0 fully saturated rings. The number of hydrogen-bond acceptors (Lipinski definition) is 5. The van der Waals surface area contributed by atoms with Gasteiger partial charge in [0.25, 0.3) is 5.91 Å². The molecule has 0 aliphatic rings. The smallest absolute Gasteiger partial charge is 0.259 e. The van der Waals surface area contributed by atoms with E-state index in [1.165, 1.54) is 4.88 Å². The molecule has 5 nitrogen and oxygen atoms in total. The summed E-state index contributed by atoms with van der Waals surface area (Å²) in [4.78, 5) is 14.1. The summed E-state index contributed by atoms with van der Waals surface area (Å²) in [6.07, 6.45) is 0. The molecular weight excluding hydrogens is 298 g/mol. The van der Waals surface area contributed by atoms with Gasteiger partial charge >= 0.3 is 0 Å². The summed E-state index contributed by atoms with van der Waals surface area (Å²) in [5, 5.41) is 7.15. The Morgan fingerprint density at radius 3 is 2.73 bits per heavy atom. The lowest BCUT2D eigenvalue weighted by Gasteiger charge is -2.09. The van der Waals surface area contributed by atoms with Crippen LogP contribution in [0.15, 0.2) is 41.5 Å². The van der Waals surface area contributed by atoms with E-state index in [0.717, 1.165) is 16.3 Å². The Morgan fingerprint density at radius 2 is 2.05 bits per heavy atom. The number of amides is 1. The van der Waals surface area contributed by atoms with Gasteiger partial charge in [0.1, 0.15) is 5.75 Å². The molecule has 0 spiro atoms. The molecule has 1 aromatic carbocycles. The van der Waals surface area contributed by atoms with E-state index in [-0.39, 0.29) is 12.5 Å². The Morgan fingerprint density at radius 1 is 1.27 bits per heavy atom. The van der Waals surface area contributed by atoms with Crippen LogP contribution in [0.5, 0.6) is 5.75 Å². The van der Waals surface area contributed by atoms with E-state index in [4.69, 9.17) is 4.74 Å². The van der Waals surface area contributed by atoms with E-state index in [1.807, 2.05) is 50.2 Å². The van der Waals surface area contributed by atoms with E-state index >= 15 is 0 Å². The molecule has 2 N–H and O–H groups in total. The first kappa shape index (κ1) is 16.0. The van der Waals surface area contributed by atoms with Gasteiger partial charge in [-0.3, -0.25) is 4.79 Å². The molecule has 22 heavy (non-hydrogen) atoms. The summed E-state index contributed by atoms with van der Waals surface area (Å²) in [6, 6.07) is 11.5. The molecule has 6 heteroatoms. The number of para-hydroxylation sites is 2. The number of nitrogens with zero attached hydrogens (tertiary/aromatic N) is 1. The number of carbonyl (C=O) groups excluding carboxylic acids is 1. The zero-order chi connectivity index (χ0) is 15.9. The Labute approximate surface area is 134 Å². The van der Waals surface area contributed by atoms with Gasteiger partial charge in [-0.25, -0.2) is 5.43 Å². The van der Waals surface area contributed by atoms with E-state index in [9.17, 15) is 4.79 Å². The topological polar surface area (TPSA) is 62.7 Å². The molecule has 1 aromatic heterocycles. The number of rotatable bonds is 6. The van der Waals surface area contributed by atoms with Crippen molar-refractivity contribution in [2.24, 2.45) is 5.10 Å². The number of methoxy groups -OCH3 is 1. The van der Waals surface area contributed by atoms with Gasteiger partial charge in [-0.1, -0.05) is 12.1 Å². The van der Waals surface area contributed by atoms with Crippen LogP contribution < -0.4 is 15.5 Å². The molecule has 2 aromatic rings. The monoisotopic (exact) mass is 317 g/mol. The average molecular weight is 317 g/mol. The van der Waals surface area contributed by atoms with Gasteiger partial charge in [-0.2, -0.15) is 5.10 Å². The minimum Gasteiger partial charge on any atom is -0.495 e. The predicted molar refractivity (Wildman–Crippen MR) is 90.9 cm³/mol. The lowest BCUT2D eigenvalue weighted by molar-refractivity contribution is -0.119. The minimum atomic E-state index is -0.210. The minimum absolute atomic E-state index is 0.126. The number of ether oxygens (including phenoxy) is 1. The molecule has 0 unspecified atom stereocenters. The van der Waals surface area contributed by atoms with Crippen molar-refractivity contribution in [1.29, 1.82) is 0 Å². The van der Waals surface area contributed by atoms with Crippen LogP contribution in [0.3, 0.4) is 0 Å². The van der Waals surface area contributed by atoms with Crippen LogP contribution >= 0.6 is 11.3 Å². The zero-order valence-corrected chi connectivity index (χ0v) is 13.7. The van der Waals surface area contributed by atoms with Crippen molar-refractivity contribution in [3.63, 3.8) is 0 Å². The number of nitrogens with one attached hydrogen (secondary N) is 2. The van der Waals surface area contributed by atoms with Crippen molar-refractivity contribution in [3.05, 3.63) is 46.2 Å². The van der Waals surface area contributed by atoms with Crippen LogP contribution in [0.1, 0.15) is 16.7 Å². The summed E-state index contributed by atoms with van der Waals surface area (Å²) in [6.45, 7) is 4.04. The number of hydrazone groups is 1. The molecule has 1 heterocycles. The summed E-state index contributed by atoms with van der Waals surface area (Å²) < 4.78 is 5.22. The quantitative estimate of drug-likeness (QED) is 0.636. The third-order valence-corrected chi connectivity index (χ3v) is 4.10. The second-order valence-electron chi connectivity index (χ2n) is 4.70. The predicted octanol–water partition coefficient (Wildman–Crippen LogP) is 3.02. The standard InChI is InChI=1S/C16H19N3O2S/c1-11-8-9-15(22-11)12(2)18-19-16(20)10-17-13-6-4-5-7-14(13)21-3/h4-9,17H,10H2,1-3H3,(H,19,20)/b18-12-. The van der Waals surface area contributed by atoms with Crippen molar-refractivity contribution in [2.45, 2.75) is 13.8 Å². The Hall–Kier alpha value is -2.34. The molecule has 0 bridgehead atoms. The summed E-state index contributed by atoms with van der Waals surface area (Å²) in [5.41, 5.74) is 4.12. The van der Waals surface area contributed by atoms with Crippen molar-refractivity contribution >= 4 is 28.6 Å². The second-order valence-corrected chi connectivity index (χ2v) is 5.98. The lowest BCUT2D eigenvalue weighted by atomic mass is 10.3. The summed E-state index contributed by atoms with van der Waals surface area (Å²) >= 11 is 1.65. The highest BCUT2D eigenvalue weighted by molar-refractivity contribution is 7.14. The highest BCUT2D eigenvalue weighted by Gasteiger charge is 2.05. The third-order valence-electron chi connectivity index (χ3n) is 2.99. The van der Waals surface area contributed by atoms with Gasteiger partial charge in [-0.15, -0.1) is 11.3 Å². The summed E-state index contributed by atoms with van der Waals surface area (Å²) in [7, 11) is 1.59. The maximum absolute atomic E-state index is 11.8. The van der Waals surface area contributed by atoms with Crippen molar-refractivity contribution < 1.29 is 9.53 Å². The van der Waals surface area contributed by atoms with E-state index in [1.54, 1.807) is 18.4 Å². The number of anilines is 1. The van der Waals surface area contributed by atoms with Gasteiger partial charge in [0.05, 0.1) is 29.9 Å². The van der Waals surface area contributed by atoms with Gasteiger partial charge in [-0.05, 0) is 38.1 Å². The van der Waals surface area contributed by atoms with Crippen molar-refractivity contribution in [1.82, 2.24) is 5.43 Å². The summed E-state index contributed by atoms with van der Waals surface area (Å²) in [5.74, 6) is 0.488. The molecule has 0 saturated carbocycles. The molecule has 1 amide bonds. The number of aryl methyl sites for hydroxylation is 1. The fraction of sp³-hybridized carbons (Fsp3) is 0.250. The number of thiophene rings is 1. The van der Waals surface area contributed by atoms with Crippen molar-refractivity contribution in [2.75, 3.05) is 19.0 Å². The van der Waals surface area contributed by atoms with Crippen LogP contribution in [-0.2, 0) is 4.79 Å². The number of carbonyl (C=O) groups is 1. The zero-order valence-electron chi connectivity index (χ0n) is 12.8. The van der Waals surface area contributed by atoms with Crippen LogP contribution in [0.4, 0.5) is 5.69 Å². The highest BCUT2D eigenvalue weighted by Crippen LogP contribution is 2.22. The fourth-order valence-electron chi connectivity index (χ4n) is 1.84. The van der Waals surface area contributed by atoms with Crippen molar-refractivity contribution in [3.8, 4) is 5.75 Å². The largest absolute Gasteiger partial charge is 0.495 e. The van der Waals surface area contributed by atoms with Crippen LogP contribution in [-0.4, -0.2) is 25.3 Å². The van der Waals surface area contributed by atoms with Gasteiger partial charge in [0.2, 0.25) is 0 Å². The lowest BCUT2D eigenvalue weighted by Crippen LogP contribution is -2.26. The maximum Gasteiger partial charge on any atom is 0.259 e. The molecule has 0 saturated heterocycles. The van der Waals surface area contributed by atoms with E-state index in [2.05, 4.69) is 15.8 Å². The normalized spacial score (nSPS) is 11.1. The van der Waals surface area contributed by atoms with Gasteiger partial charge in [0.15, 0.2) is 0 Å². The van der Waals surface area contributed by atoms with Crippen LogP contribution in [0.2, 0.25) is 0 Å². The highest BCUT2D eigenvalue weighted by atomic mass is 32.1. The van der Waals surface area contributed by atoms with Crippen LogP contribution in [0, 0.1) is 6.92 Å². The van der Waals surface area contributed by atoms with Gasteiger partial charge in [0, 0.05) is 4.88 Å². The van der Waals surface area contributed by atoms with Gasteiger partial charge < -0.3 is 10.1 Å². The second kappa shape index (κ2) is 7.61. The first-order valence-electron chi connectivity index (χ1n) is 6.87. The molecular formula is C16H19N3O2S. The van der Waals surface area contributed by atoms with E-state index < -0.39 is 0 Å². The Balaban J connectivity index is 1.88. The van der Waals surface area contributed by atoms with E-state index in [0.29, 0.717) is 5.75 Å². The third kappa shape index (κ3) is 4.33. The molecule has 0 aliphatic heterocycles. The average Bonchev–Trinajstić information content (AvgIpc) is 2.97. The Bertz CT molecular complexity index is 680. The number of hydrogen-bond donors (Lipinski definition) is 2.